The first-order valence-corrected chi connectivity index (χ1v) is 7.08. The number of rotatable bonds is 6. The van der Waals surface area contributed by atoms with E-state index in [0.717, 1.165) is 24.3 Å². The smallest absolute Gasteiger partial charge is 0.233 e. The van der Waals surface area contributed by atoms with Crippen molar-refractivity contribution in [2.45, 2.75) is 20.3 Å². The predicted octanol–water partition coefficient (Wildman–Crippen LogP) is 2.59. The van der Waals surface area contributed by atoms with Crippen LogP contribution in [0, 0.1) is 13.8 Å². The summed E-state index contributed by atoms with van der Waals surface area (Å²) < 4.78 is 5.25. The van der Waals surface area contributed by atoms with Crippen LogP contribution in [0.1, 0.15) is 17.7 Å². The molecule has 0 aliphatic rings. The molecule has 0 aliphatic heterocycles. The highest BCUT2D eigenvalue weighted by atomic mass is 16.5. The molecule has 0 radical (unpaired) electrons. The summed E-state index contributed by atoms with van der Waals surface area (Å²) in [5.41, 5.74) is 8.82. The molecule has 0 aliphatic carbocycles. The molecule has 0 atom stereocenters. The Bertz CT molecular complexity index is 601. The zero-order valence-corrected chi connectivity index (χ0v) is 12.8. The average molecular weight is 286 g/mol. The van der Waals surface area contributed by atoms with E-state index in [1.807, 2.05) is 25.1 Å². The molecule has 2 N–H and O–H groups in total. The largest absolute Gasteiger partial charge is 0.481 e. The lowest BCUT2D eigenvalue weighted by Gasteiger charge is -2.24. The fraction of sp³-hybridized carbons (Fsp3) is 0.375. The van der Waals surface area contributed by atoms with E-state index < -0.39 is 0 Å². The molecule has 0 saturated carbocycles. The SMILES string of the molecule is COc1cc(C)nc(N(CCCN)c2ccccc2C)n1. The molecule has 5 heteroatoms. The van der Waals surface area contributed by atoms with Crippen molar-refractivity contribution in [3.63, 3.8) is 0 Å². The molecule has 21 heavy (non-hydrogen) atoms. The lowest BCUT2D eigenvalue weighted by Crippen LogP contribution is -2.24. The molecule has 0 bridgehead atoms. The Morgan fingerprint density at radius 1 is 1.19 bits per heavy atom. The van der Waals surface area contributed by atoms with Gasteiger partial charge >= 0.3 is 0 Å². The Morgan fingerprint density at radius 3 is 2.62 bits per heavy atom. The van der Waals surface area contributed by atoms with E-state index in [4.69, 9.17) is 10.5 Å². The molecule has 0 saturated heterocycles. The second kappa shape index (κ2) is 7.04. The van der Waals surface area contributed by atoms with Crippen LogP contribution in [-0.2, 0) is 0 Å². The summed E-state index contributed by atoms with van der Waals surface area (Å²) in [4.78, 5) is 11.1. The number of ether oxygens (including phenoxy) is 1. The van der Waals surface area contributed by atoms with Gasteiger partial charge in [-0.15, -0.1) is 0 Å². The van der Waals surface area contributed by atoms with Gasteiger partial charge in [-0.3, -0.25) is 0 Å². The van der Waals surface area contributed by atoms with Crippen molar-refractivity contribution in [2.24, 2.45) is 5.73 Å². The van der Waals surface area contributed by atoms with Gasteiger partial charge in [-0.2, -0.15) is 4.98 Å². The Kier molecular flexibility index (Phi) is 5.11. The maximum atomic E-state index is 5.66. The van der Waals surface area contributed by atoms with Gasteiger partial charge in [-0.05, 0) is 38.4 Å². The number of aryl methyl sites for hydroxylation is 2. The third-order valence-corrected chi connectivity index (χ3v) is 3.26. The maximum absolute atomic E-state index is 5.66. The van der Waals surface area contributed by atoms with Crippen LogP contribution in [0.25, 0.3) is 0 Å². The quantitative estimate of drug-likeness (QED) is 0.884. The van der Waals surface area contributed by atoms with Gasteiger partial charge in [-0.25, -0.2) is 4.98 Å². The van der Waals surface area contributed by atoms with Crippen LogP contribution in [0.4, 0.5) is 11.6 Å². The third kappa shape index (κ3) is 3.70. The number of nitrogens with zero attached hydrogens (tertiary/aromatic N) is 3. The van der Waals surface area contributed by atoms with Gasteiger partial charge in [0.25, 0.3) is 0 Å². The molecular weight excluding hydrogens is 264 g/mol. The van der Waals surface area contributed by atoms with Crippen molar-refractivity contribution in [1.29, 1.82) is 0 Å². The molecule has 0 amide bonds. The predicted molar refractivity (Wildman–Crippen MR) is 85.2 cm³/mol. The number of methoxy groups -OCH3 is 1. The van der Waals surface area contributed by atoms with E-state index in [-0.39, 0.29) is 0 Å². The molecule has 112 valence electrons. The van der Waals surface area contributed by atoms with Crippen molar-refractivity contribution >= 4 is 11.6 Å². The van der Waals surface area contributed by atoms with Crippen LogP contribution in [0.5, 0.6) is 5.88 Å². The van der Waals surface area contributed by atoms with Gasteiger partial charge in [0.05, 0.1) is 7.11 Å². The summed E-state index contributed by atoms with van der Waals surface area (Å²) >= 11 is 0. The maximum Gasteiger partial charge on any atom is 0.233 e. The number of hydrogen-bond acceptors (Lipinski definition) is 5. The second-order valence-corrected chi connectivity index (χ2v) is 4.93. The molecule has 0 fully saturated rings. The van der Waals surface area contributed by atoms with Crippen LogP contribution < -0.4 is 15.4 Å². The molecule has 1 heterocycles. The molecule has 0 spiro atoms. The monoisotopic (exact) mass is 286 g/mol. The minimum Gasteiger partial charge on any atom is -0.481 e. The van der Waals surface area contributed by atoms with Crippen LogP contribution in [0.3, 0.4) is 0 Å². The normalized spacial score (nSPS) is 10.5. The average Bonchev–Trinajstić information content (AvgIpc) is 2.48. The topological polar surface area (TPSA) is 64.3 Å². The highest BCUT2D eigenvalue weighted by Crippen LogP contribution is 2.27. The van der Waals surface area contributed by atoms with Gasteiger partial charge in [0.1, 0.15) is 0 Å². The zero-order valence-electron chi connectivity index (χ0n) is 12.8. The van der Waals surface area contributed by atoms with Crippen molar-refractivity contribution < 1.29 is 4.74 Å². The highest BCUT2D eigenvalue weighted by Gasteiger charge is 2.15. The summed E-state index contributed by atoms with van der Waals surface area (Å²) in [6, 6.07) is 10.0. The first kappa shape index (κ1) is 15.3. The molecule has 0 unspecified atom stereocenters. The van der Waals surface area contributed by atoms with Crippen molar-refractivity contribution in [1.82, 2.24) is 9.97 Å². The highest BCUT2D eigenvalue weighted by molar-refractivity contribution is 5.61. The summed E-state index contributed by atoms with van der Waals surface area (Å²) in [6.07, 6.45) is 0.869. The molecule has 2 rings (SSSR count). The van der Waals surface area contributed by atoms with E-state index in [0.29, 0.717) is 18.4 Å². The summed E-state index contributed by atoms with van der Waals surface area (Å²) in [5, 5.41) is 0. The van der Waals surface area contributed by atoms with E-state index in [1.54, 1.807) is 7.11 Å². The fourth-order valence-electron chi connectivity index (χ4n) is 2.19. The second-order valence-electron chi connectivity index (χ2n) is 4.93. The summed E-state index contributed by atoms with van der Waals surface area (Å²) in [5.74, 6) is 1.22. The van der Waals surface area contributed by atoms with E-state index in [2.05, 4.69) is 33.9 Å². The van der Waals surface area contributed by atoms with Gasteiger partial charge in [-0.1, -0.05) is 18.2 Å². The van der Waals surface area contributed by atoms with Gasteiger partial charge in [0.15, 0.2) is 0 Å². The number of anilines is 2. The van der Waals surface area contributed by atoms with Crippen LogP contribution in [0.15, 0.2) is 30.3 Å². The lowest BCUT2D eigenvalue weighted by molar-refractivity contribution is 0.396. The standard InChI is InChI=1S/C16H22N4O/c1-12-7-4-5-8-14(12)20(10-6-9-17)16-18-13(2)11-15(19-16)21-3/h4-5,7-8,11H,6,9-10,17H2,1-3H3. The number of aromatic nitrogens is 2. The summed E-state index contributed by atoms with van der Waals surface area (Å²) in [6.45, 7) is 5.42. The minimum absolute atomic E-state index is 0.573. The Hall–Kier alpha value is -2.14. The van der Waals surface area contributed by atoms with Crippen molar-refractivity contribution in [3.8, 4) is 5.88 Å². The Balaban J connectivity index is 2.45. The number of para-hydroxylation sites is 1. The Labute approximate surface area is 125 Å². The van der Waals surface area contributed by atoms with Gasteiger partial charge in [0.2, 0.25) is 11.8 Å². The Morgan fingerprint density at radius 2 is 1.95 bits per heavy atom. The van der Waals surface area contributed by atoms with Gasteiger partial charge < -0.3 is 15.4 Å². The van der Waals surface area contributed by atoms with Crippen molar-refractivity contribution in [3.05, 3.63) is 41.6 Å². The number of hydrogen-bond donors (Lipinski definition) is 1. The van der Waals surface area contributed by atoms with Crippen molar-refractivity contribution in [2.75, 3.05) is 25.1 Å². The number of benzene rings is 1. The van der Waals surface area contributed by atoms with Gasteiger partial charge in [0, 0.05) is 24.0 Å². The molecule has 1 aromatic carbocycles. The number of nitrogens with two attached hydrogens (primary N) is 1. The minimum atomic E-state index is 0.573. The van der Waals surface area contributed by atoms with Crippen LogP contribution >= 0.6 is 0 Å². The third-order valence-electron chi connectivity index (χ3n) is 3.26. The van der Waals surface area contributed by atoms with E-state index in [9.17, 15) is 0 Å². The summed E-state index contributed by atoms with van der Waals surface area (Å²) in [7, 11) is 1.61. The molecular formula is C16H22N4O. The first-order chi connectivity index (χ1) is 10.2. The lowest BCUT2D eigenvalue weighted by atomic mass is 10.2. The fourth-order valence-corrected chi connectivity index (χ4v) is 2.19. The van der Waals surface area contributed by atoms with E-state index in [1.165, 1.54) is 5.56 Å². The van der Waals surface area contributed by atoms with Crippen LogP contribution in [-0.4, -0.2) is 30.2 Å². The first-order valence-electron chi connectivity index (χ1n) is 7.08. The molecule has 2 aromatic rings. The zero-order chi connectivity index (χ0) is 15.2. The van der Waals surface area contributed by atoms with E-state index >= 15 is 0 Å². The van der Waals surface area contributed by atoms with Crippen LogP contribution in [0.2, 0.25) is 0 Å². The molecule has 1 aromatic heterocycles. The molecule has 5 nitrogen and oxygen atoms in total.